The normalized spacial score (nSPS) is 12.9. The van der Waals surface area contributed by atoms with Crippen molar-refractivity contribution in [3.63, 3.8) is 0 Å². The molecule has 0 aliphatic carbocycles. The fourth-order valence-electron chi connectivity index (χ4n) is 0.567. The smallest absolute Gasteiger partial charge is 2.00 e. The van der Waals surface area contributed by atoms with Crippen molar-refractivity contribution in [2.75, 3.05) is 0 Å². The van der Waals surface area contributed by atoms with Crippen LogP contribution in [0.1, 0.15) is 0 Å². The average Bonchev–Trinajstić information content (AvgIpc) is 2.77. The van der Waals surface area contributed by atoms with Gasteiger partial charge in [-0.2, -0.15) is 0 Å². The van der Waals surface area contributed by atoms with Crippen molar-refractivity contribution in [1.82, 2.24) is 0 Å². The second-order valence-corrected chi connectivity index (χ2v) is 15.9. The summed E-state index contributed by atoms with van der Waals surface area (Å²) in [5, 5.41) is 103. The first-order valence-electron chi connectivity index (χ1n) is 4.95. The second-order valence-electron chi connectivity index (χ2n) is 3.85. The molecule has 0 atom stereocenters. The molecular weight excluding hydrogens is 486 g/mol. The van der Waals surface area contributed by atoms with Gasteiger partial charge in [-0.3, -0.25) is 0 Å². The van der Waals surface area contributed by atoms with Crippen molar-refractivity contribution in [2.24, 2.45) is 0 Å². The molecule has 0 saturated carbocycles. The van der Waals surface area contributed by atoms with Gasteiger partial charge in [-0.1, -0.05) is 0 Å². The van der Waals surface area contributed by atoms with E-state index in [1.165, 1.54) is 0 Å². The average molecular weight is 486 g/mol. The summed E-state index contributed by atoms with van der Waals surface area (Å²) < 4.78 is 0. The molecule has 15 heteroatoms. The number of nitriles is 12. The van der Waals surface area contributed by atoms with Crippen LogP contribution in [0.2, 0.25) is 0 Å². The maximum atomic E-state index is 8.58. The molecule has 0 amide bonds. The fraction of sp³-hybridized carbons (Fsp3) is 0. The zero-order chi connectivity index (χ0) is 21.3. The van der Waals surface area contributed by atoms with E-state index in [2.05, 4.69) is 0 Å². The third-order valence-corrected chi connectivity index (χ3v) is 10.5. The minimum Gasteiger partial charge on any atom is 2.00 e. The topological polar surface area (TPSA) is 285 Å². The third kappa shape index (κ3) is 2.64. The van der Waals surface area contributed by atoms with Gasteiger partial charge >= 0.3 is 161 Å². The van der Waals surface area contributed by atoms with Crippen molar-refractivity contribution in [3.05, 3.63) is 0 Å². The van der Waals surface area contributed by atoms with E-state index in [4.69, 9.17) is 63.1 Å². The minimum atomic E-state index is -6.30. The van der Waals surface area contributed by atoms with Crippen LogP contribution in [-0.4, -0.2) is 0 Å². The molecule has 0 aliphatic heterocycles. The Morgan fingerprint density at radius 2 is 0.333 bits per heavy atom. The molecule has 0 N–H and O–H groups in total. The molecule has 0 bridgehead atoms. The van der Waals surface area contributed by atoms with E-state index in [1.807, 2.05) is 0 Å². The molecule has 0 aromatic heterocycles. The van der Waals surface area contributed by atoms with Crippen molar-refractivity contribution >= 4 is 0 Å². The molecule has 0 unspecified atom stereocenters. The molecule has 133 valence electrons. The first-order valence-corrected chi connectivity index (χ1v) is 12.0. The summed E-state index contributed by atoms with van der Waals surface area (Å²) >= 11 is 0. The van der Waals surface area contributed by atoms with Crippen LogP contribution in [0, 0.1) is 123 Å². The molecule has 0 saturated heterocycles. The van der Waals surface area contributed by atoms with Gasteiger partial charge in [0.25, 0.3) is 0 Å². The Balaban J connectivity index is -0.000000411. The van der Waals surface area contributed by atoms with E-state index in [9.17, 15) is 0 Å². The van der Waals surface area contributed by atoms with Crippen LogP contribution in [0.15, 0.2) is 0 Å². The molecule has 0 rings (SSSR count). The number of hydrogen-bond donors (Lipinski definition) is 0. The van der Waals surface area contributed by atoms with E-state index in [0.717, 1.165) is 59.6 Å². The summed E-state index contributed by atoms with van der Waals surface area (Å²) in [6, 6.07) is 0. The van der Waals surface area contributed by atoms with Crippen LogP contribution in [0.3, 0.4) is 0 Å². The Morgan fingerprint density at radius 1 is 0.259 bits per heavy atom. The maximum absolute atomic E-state index is 8.58. The van der Waals surface area contributed by atoms with Gasteiger partial charge in [-0.25, -0.2) is 0 Å². The molecule has 0 heterocycles. The second kappa shape index (κ2) is 6.39. The molecule has 0 spiro atoms. The summed E-state index contributed by atoms with van der Waals surface area (Å²) in [5.74, 6) is 0. The van der Waals surface area contributed by atoms with Crippen LogP contribution in [0.25, 0.3) is 0 Å². The largest absolute Gasteiger partial charge is 2.00 e. The van der Waals surface area contributed by atoms with Crippen molar-refractivity contribution in [2.45, 2.75) is 0 Å². The monoisotopic (exact) mass is 485 g/mol. The van der Waals surface area contributed by atoms with Gasteiger partial charge in [-0.15, -0.1) is 0 Å². The SMILES string of the molecule is N#[C][Mn-]([C]#N)([C]#N)([C]#N)([C]#N)[C]#N.N#[C][Mn-]([C]#N)([C]#N)([C]#N)([C]#N)[C]#N.[Cu+2]. The van der Waals surface area contributed by atoms with Gasteiger partial charge in [0.15, 0.2) is 0 Å². The quantitative estimate of drug-likeness (QED) is 0.415. The zero-order valence-corrected chi connectivity index (χ0v) is 15.7. The summed E-state index contributed by atoms with van der Waals surface area (Å²) in [7, 11) is -12.6. The summed E-state index contributed by atoms with van der Waals surface area (Å²) in [6.45, 7) is 0. The van der Waals surface area contributed by atoms with E-state index in [-0.39, 0.29) is 17.1 Å². The Labute approximate surface area is 160 Å². The number of nitrogens with zero attached hydrogens (tertiary/aromatic N) is 12. The summed E-state index contributed by atoms with van der Waals surface area (Å²) in [5.41, 5.74) is 0. The molecule has 0 aliphatic rings. The van der Waals surface area contributed by atoms with E-state index in [0.29, 0.717) is 0 Å². The van der Waals surface area contributed by atoms with Crippen molar-refractivity contribution < 1.29 is 38.5 Å². The molecule has 0 aromatic rings. The maximum Gasteiger partial charge on any atom is 2.00 e. The number of rotatable bonds is 0. The first-order chi connectivity index (χ1) is 11.9. The zero-order valence-electron chi connectivity index (χ0n) is 12.4. The molecule has 12 nitrogen and oxygen atoms in total. The fourth-order valence-corrected chi connectivity index (χ4v) is 2.34. The molecule has 0 fully saturated rings. The molecule has 1 radical (unpaired) electrons. The van der Waals surface area contributed by atoms with E-state index in [1.54, 1.807) is 0 Å². The van der Waals surface area contributed by atoms with Crippen LogP contribution in [0.5, 0.6) is 0 Å². The standard InChI is InChI=1S/12CN.Cu.2Mn/c12*1-2;;;/q;;;;;;;;;;;;+2;2*-1. The summed E-state index contributed by atoms with van der Waals surface area (Å²) in [4.78, 5) is 12.5. The van der Waals surface area contributed by atoms with E-state index >= 15 is 0 Å². The Hall–Kier alpha value is -4.56. The third-order valence-electron chi connectivity index (χ3n) is 2.54. The van der Waals surface area contributed by atoms with Gasteiger partial charge in [-0.05, 0) is 0 Å². The van der Waals surface area contributed by atoms with Crippen molar-refractivity contribution in [1.29, 1.82) is 63.1 Å². The minimum absolute atomic E-state index is 0. The summed E-state index contributed by atoms with van der Waals surface area (Å²) in [6.07, 6.45) is 0. The van der Waals surface area contributed by atoms with Crippen LogP contribution < -0.4 is 0 Å². The van der Waals surface area contributed by atoms with Crippen LogP contribution >= 0.6 is 0 Å². The van der Waals surface area contributed by atoms with Gasteiger partial charge in [0.2, 0.25) is 0 Å². The van der Waals surface area contributed by atoms with Crippen molar-refractivity contribution in [3.8, 4) is 59.6 Å². The molecule has 27 heavy (non-hydrogen) atoms. The predicted molar refractivity (Wildman–Crippen MR) is 67.4 cm³/mol. The first kappa shape index (κ1) is 27.3. The number of hydrogen-bond acceptors (Lipinski definition) is 12. The van der Waals surface area contributed by atoms with E-state index < -0.39 is 21.5 Å². The Bertz CT molecular complexity index is 882. The van der Waals surface area contributed by atoms with Gasteiger partial charge in [0, 0.05) is 0 Å². The van der Waals surface area contributed by atoms with Gasteiger partial charge in [0.1, 0.15) is 0 Å². The Kier molecular flexibility index (Phi) is 6.46. The molecule has 0 aromatic carbocycles. The van der Waals surface area contributed by atoms with Gasteiger partial charge < -0.3 is 0 Å². The van der Waals surface area contributed by atoms with Gasteiger partial charge in [0.05, 0.1) is 0 Å². The molecular formula is C12CuMn2N12. The Morgan fingerprint density at radius 3 is 0.333 bits per heavy atom. The van der Waals surface area contributed by atoms with Crippen LogP contribution in [0.4, 0.5) is 0 Å². The predicted octanol–water partition coefficient (Wildman–Crippen LogP) is 0.194. The van der Waals surface area contributed by atoms with Crippen LogP contribution in [-0.2, 0) is 38.5 Å².